The van der Waals surface area contributed by atoms with Crippen LogP contribution in [0.25, 0.3) is 0 Å². The second kappa shape index (κ2) is 5.87. The van der Waals surface area contributed by atoms with Crippen molar-refractivity contribution in [3.05, 3.63) is 24.3 Å². The number of para-hydroxylation sites is 2. The molecule has 0 heterocycles. The van der Waals surface area contributed by atoms with E-state index in [4.69, 9.17) is 10.5 Å². The van der Waals surface area contributed by atoms with Gasteiger partial charge in [-0.1, -0.05) is 19.1 Å². The summed E-state index contributed by atoms with van der Waals surface area (Å²) in [5.74, 6) is 0.695. The number of ether oxygens (including phenoxy) is 1. The first-order valence-corrected chi connectivity index (χ1v) is 6.11. The number of hydrogen-bond donors (Lipinski definition) is 1. The molecule has 0 aliphatic heterocycles. The molecule has 0 fully saturated rings. The number of nitrogens with zero attached hydrogens (tertiary/aromatic N) is 1. The molecule has 4 heteroatoms. The Kier molecular flexibility index (Phi) is 4.73. The summed E-state index contributed by atoms with van der Waals surface area (Å²) in [6, 6.07) is 7.46. The quantitative estimate of drug-likeness (QED) is 0.870. The van der Waals surface area contributed by atoms with Gasteiger partial charge in [-0.15, -0.1) is 0 Å². The van der Waals surface area contributed by atoms with Crippen LogP contribution in [0.1, 0.15) is 20.3 Å². The number of hydrogen-bond acceptors (Lipinski definition) is 3. The molecule has 0 aliphatic carbocycles. The van der Waals surface area contributed by atoms with Crippen molar-refractivity contribution in [1.82, 2.24) is 0 Å². The summed E-state index contributed by atoms with van der Waals surface area (Å²) in [7, 11) is 3.35. The fourth-order valence-electron chi connectivity index (χ4n) is 1.80. The van der Waals surface area contributed by atoms with Gasteiger partial charge in [0.05, 0.1) is 18.2 Å². The van der Waals surface area contributed by atoms with Gasteiger partial charge in [-0.05, 0) is 25.5 Å². The molecule has 1 atom stereocenters. The van der Waals surface area contributed by atoms with Crippen LogP contribution in [-0.2, 0) is 4.79 Å². The zero-order valence-electron chi connectivity index (χ0n) is 11.6. The zero-order valence-corrected chi connectivity index (χ0v) is 11.6. The Hall–Kier alpha value is -1.55. The highest BCUT2D eigenvalue weighted by atomic mass is 16.5. The summed E-state index contributed by atoms with van der Waals surface area (Å²) in [5, 5.41) is 0. The van der Waals surface area contributed by atoms with E-state index in [0.29, 0.717) is 18.7 Å². The Morgan fingerprint density at radius 1 is 1.44 bits per heavy atom. The largest absolute Gasteiger partial charge is 0.495 e. The van der Waals surface area contributed by atoms with Crippen molar-refractivity contribution in [3.63, 3.8) is 0 Å². The molecule has 1 unspecified atom stereocenters. The van der Waals surface area contributed by atoms with Gasteiger partial charge in [0, 0.05) is 13.6 Å². The van der Waals surface area contributed by atoms with Gasteiger partial charge in [0.1, 0.15) is 5.75 Å². The highest BCUT2D eigenvalue weighted by Crippen LogP contribution is 2.31. The van der Waals surface area contributed by atoms with Crippen LogP contribution < -0.4 is 15.4 Å². The molecule has 0 spiro atoms. The first kappa shape index (κ1) is 14.5. The van der Waals surface area contributed by atoms with Crippen LogP contribution in [0.4, 0.5) is 5.69 Å². The third kappa shape index (κ3) is 2.64. The fraction of sp³-hybridized carbons (Fsp3) is 0.500. The average Bonchev–Trinajstić information content (AvgIpc) is 2.44. The van der Waals surface area contributed by atoms with Gasteiger partial charge in [-0.25, -0.2) is 0 Å². The van der Waals surface area contributed by atoms with Crippen molar-refractivity contribution >= 4 is 11.6 Å². The van der Waals surface area contributed by atoms with E-state index in [9.17, 15) is 4.79 Å². The van der Waals surface area contributed by atoms with Crippen LogP contribution in [0.2, 0.25) is 0 Å². The second-order valence-electron chi connectivity index (χ2n) is 4.65. The van der Waals surface area contributed by atoms with Crippen molar-refractivity contribution in [2.24, 2.45) is 11.1 Å². The summed E-state index contributed by atoms with van der Waals surface area (Å²) in [5.41, 5.74) is 5.96. The van der Waals surface area contributed by atoms with E-state index >= 15 is 0 Å². The lowest BCUT2D eigenvalue weighted by molar-refractivity contribution is -0.126. The van der Waals surface area contributed by atoms with Gasteiger partial charge in [0.15, 0.2) is 0 Å². The number of carbonyl (C=O) groups excluding carboxylic acids is 1. The SMILES string of the molecule is CCC(C)(CN)C(=O)N(C)c1ccccc1OC. The van der Waals surface area contributed by atoms with E-state index in [0.717, 1.165) is 5.69 Å². The van der Waals surface area contributed by atoms with Gasteiger partial charge in [-0.2, -0.15) is 0 Å². The van der Waals surface area contributed by atoms with Crippen molar-refractivity contribution in [3.8, 4) is 5.75 Å². The molecular weight excluding hydrogens is 228 g/mol. The minimum Gasteiger partial charge on any atom is -0.495 e. The number of carbonyl (C=O) groups is 1. The predicted octanol–water partition coefficient (Wildman–Crippen LogP) is 2.03. The summed E-state index contributed by atoms with van der Waals surface area (Å²) < 4.78 is 5.27. The maximum absolute atomic E-state index is 12.5. The van der Waals surface area contributed by atoms with E-state index < -0.39 is 5.41 Å². The summed E-state index contributed by atoms with van der Waals surface area (Å²) in [4.78, 5) is 14.1. The third-order valence-corrected chi connectivity index (χ3v) is 3.50. The molecule has 0 aliphatic rings. The van der Waals surface area contributed by atoms with Crippen LogP contribution in [0, 0.1) is 5.41 Å². The van der Waals surface area contributed by atoms with Crippen molar-refractivity contribution < 1.29 is 9.53 Å². The normalized spacial score (nSPS) is 13.8. The lowest BCUT2D eigenvalue weighted by atomic mass is 9.86. The first-order chi connectivity index (χ1) is 8.50. The summed E-state index contributed by atoms with van der Waals surface area (Å²) in [6.45, 7) is 4.20. The van der Waals surface area contributed by atoms with E-state index in [-0.39, 0.29) is 5.91 Å². The molecule has 1 aromatic rings. The van der Waals surface area contributed by atoms with Crippen LogP contribution in [-0.4, -0.2) is 26.6 Å². The van der Waals surface area contributed by atoms with Crippen LogP contribution >= 0.6 is 0 Å². The molecule has 0 aromatic heterocycles. The topological polar surface area (TPSA) is 55.6 Å². The number of benzene rings is 1. The highest BCUT2D eigenvalue weighted by Gasteiger charge is 2.33. The van der Waals surface area contributed by atoms with Crippen LogP contribution in [0.15, 0.2) is 24.3 Å². The third-order valence-electron chi connectivity index (χ3n) is 3.50. The predicted molar refractivity (Wildman–Crippen MR) is 73.9 cm³/mol. The van der Waals surface area contributed by atoms with E-state index in [1.54, 1.807) is 19.1 Å². The standard InChI is InChI=1S/C14H22N2O2/c1-5-14(2,10-15)13(17)16(3)11-8-6-7-9-12(11)18-4/h6-9H,5,10,15H2,1-4H3. The molecule has 1 rings (SSSR count). The van der Waals surface area contributed by atoms with Crippen molar-refractivity contribution in [1.29, 1.82) is 0 Å². The Morgan fingerprint density at radius 3 is 2.56 bits per heavy atom. The second-order valence-corrected chi connectivity index (χ2v) is 4.65. The van der Waals surface area contributed by atoms with Crippen LogP contribution in [0.5, 0.6) is 5.75 Å². The van der Waals surface area contributed by atoms with E-state index in [2.05, 4.69) is 0 Å². The molecule has 4 nitrogen and oxygen atoms in total. The minimum atomic E-state index is -0.532. The van der Waals surface area contributed by atoms with Crippen LogP contribution in [0.3, 0.4) is 0 Å². The molecule has 2 N–H and O–H groups in total. The summed E-state index contributed by atoms with van der Waals surface area (Å²) >= 11 is 0. The fourth-order valence-corrected chi connectivity index (χ4v) is 1.80. The van der Waals surface area contributed by atoms with Gasteiger partial charge in [0.2, 0.25) is 5.91 Å². The maximum Gasteiger partial charge on any atom is 0.234 e. The first-order valence-electron chi connectivity index (χ1n) is 6.11. The molecule has 18 heavy (non-hydrogen) atoms. The van der Waals surface area contributed by atoms with Gasteiger partial charge >= 0.3 is 0 Å². The monoisotopic (exact) mass is 250 g/mol. The lowest BCUT2D eigenvalue weighted by Gasteiger charge is -2.31. The number of nitrogens with two attached hydrogens (primary N) is 1. The number of anilines is 1. The summed E-state index contributed by atoms with van der Waals surface area (Å²) in [6.07, 6.45) is 0.710. The van der Waals surface area contributed by atoms with E-state index in [1.165, 1.54) is 0 Å². The molecule has 100 valence electrons. The maximum atomic E-state index is 12.5. The lowest BCUT2D eigenvalue weighted by Crippen LogP contribution is -2.44. The Morgan fingerprint density at radius 2 is 2.06 bits per heavy atom. The van der Waals surface area contributed by atoms with Gasteiger partial charge < -0.3 is 15.4 Å². The molecular formula is C14H22N2O2. The minimum absolute atomic E-state index is 0.0111. The molecule has 0 radical (unpaired) electrons. The number of rotatable bonds is 5. The molecule has 0 saturated heterocycles. The van der Waals surface area contributed by atoms with Gasteiger partial charge in [0.25, 0.3) is 0 Å². The molecule has 1 amide bonds. The van der Waals surface area contributed by atoms with E-state index in [1.807, 2.05) is 38.1 Å². The Bertz CT molecular complexity index is 414. The average molecular weight is 250 g/mol. The zero-order chi connectivity index (χ0) is 13.8. The molecule has 0 bridgehead atoms. The van der Waals surface area contributed by atoms with Crippen molar-refractivity contribution in [2.45, 2.75) is 20.3 Å². The Labute approximate surface area is 109 Å². The number of amides is 1. The Balaban J connectivity index is 3.07. The smallest absolute Gasteiger partial charge is 0.234 e. The molecule has 0 saturated carbocycles. The number of methoxy groups -OCH3 is 1. The highest BCUT2D eigenvalue weighted by molar-refractivity contribution is 5.98. The van der Waals surface area contributed by atoms with Crippen molar-refractivity contribution in [2.75, 3.05) is 25.6 Å². The van der Waals surface area contributed by atoms with Gasteiger partial charge in [-0.3, -0.25) is 4.79 Å². The molecule has 1 aromatic carbocycles.